The van der Waals surface area contributed by atoms with Crippen molar-refractivity contribution < 1.29 is 41.4 Å². The fourth-order valence-corrected chi connectivity index (χ4v) is 3.52. The predicted molar refractivity (Wildman–Crippen MR) is 124 cm³/mol. The molecule has 15 heteroatoms. The number of rotatable bonds is 2. The van der Waals surface area contributed by atoms with Gasteiger partial charge < -0.3 is 15.9 Å². The van der Waals surface area contributed by atoms with E-state index in [2.05, 4.69) is 31.8 Å². The van der Waals surface area contributed by atoms with Crippen molar-refractivity contribution in [1.82, 2.24) is 19.9 Å². The number of aromatic nitrogens is 4. The quantitative estimate of drug-likeness (QED) is 0.241. The van der Waals surface area contributed by atoms with E-state index in [-0.39, 0.29) is 22.5 Å². The van der Waals surface area contributed by atoms with Crippen LogP contribution in [-0.2, 0) is 16.6 Å². The number of hydrogen-bond acceptors (Lipinski definition) is 8. The molecule has 8 nitrogen and oxygen atoms in total. The van der Waals surface area contributed by atoms with Crippen LogP contribution in [0.1, 0.15) is 23.2 Å². The van der Waals surface area contributed by atoms with Crippen LogP contribution in [0.25, 0.3) is 22.3 Å². The van der Waals surface area contributed by atoms with E-state index in [0.29, 0.717) is 16.1 Å². The SMILES string of the molecule is CC(O)(C#Cc1cccc(-c2nc(C(F)(F)F)c3ccnc(N)c3n2)c1)c1nccs1.O=C(O)C(F)(F)F. The van der Waals surface area contributed by atoms with Crippen LogP contribution in [-0.4, -0.2) is 42.3 Å². The molecule has 4 rings (SSSR count). The van der Waals surface area contributed by atoms with Gasteiger partial charge in [-0.2, -0.15) is 26.3 Å². The van der Waals surface area contributed by atoms with Crippen molar-refractivity contribution >= 4 is 34.0 Å². The smallest absolute Gasteiger partial charge is 0.475 e. The summed E-state index contributed by atoms with van der Waals surface area (Å²) in [5.74, 6) is 2.52. The molecule has 0 aliphatic carbocycles. The van der Waals surface area contributed by atoms with Crippen molar-refractivity contribution in [2.24, 2.45) is 0 Å². The zero-order chi connectivity index (χ0) is 28.3. The highest BCUT2D eigenvalue weighted by Gasteiger charge is 2.38. The van der Waals surface area contributed by atoms with E-state index < -0.39 is 29.6 Å². The molecule has 0 saturated heterocycles. The highest BCUT2D eigenvalue weighted by Crippen LogP contribution is 2.35. The lowest BCUT2D eigenvalue weighted by molar-refractivity contribution is -0.192. The Kier molecular flexibility index (Phi) is 7.89. The zero-order valence-corrected chi connectivity index (χ0v) is 19.8. The Morgan fingerprint density at radius 2 is 1.74 bits per heavy atom. The van der Waals surface area contributed by atoms with Gasteiger partial charge in [-0.25, -0.2) is 24.7 Å². The van der Waals surface area contributed by atoms with Crippen LogP contribution in [0, 0.1) is 11.8 Å². The first kappa shape index (κ1) is 28.3. The molecule has 1 atom stereocenters. The molecule has 4 N–H and O–H groups in total. The first-order valence-corrected chi connectivity index (χ1v) is 11.0. The summed E-state index contributed by atoms with van der Waals surface area (Å²) in [6.07, 6.45) is -7.04. The minimum Gasteiger partial charge on any atom is -0.475 e. The molecule has 1 aromatic carbocycles. The molecule has 0 amide bonds. The third-order valence-electron chi connectivity index (χ3n) is 4.57. The molecule has 0 aliphatic heterocycles. The molecule has 0 spiro atoms. The van der Waals surface area contributed by atoms with E-state index in [1.165, 1.54) is 30.5 Å². The van der Waals surface area contributed by atoms with E-state index in [0.717, 1.165) is 0 Å². The molecule has 0 saturated carbocycles. The average Bonchev–Trinajstić information content (AvgIpc) is 3.38. The van der Waals surface area contributed by atoms with Crippen molar-refractivity contribution in [3.05, 3.63) is 64.4 Å². The molecule has 198 valence electrons. The lowest BCUT2D eigenvalue weighted by Gasteiger charge is -2.13. The number of nitrogens with zero attached hydrogens (tertiary/aromatic N) is 4. The van der Waals surface area contributed by atoms with E-state index in [1.807, 2.05) is 0 Å². The monoisotopic (exact) mass is 555 g/mol. The topological polar surface area (TPSA) is 135 Å². The Morgan fingerprint density at radius 3 is 2.32 bits per heavy atom. The molecule has 3 aromatic heterocycles. The number of carboxylic acid groups (broad SMARTS) is 1. The molecule has 4 aromatic rings. The molecule has 0 bridgehead atoms. The number of anilines is 1. The number of pyridine rings is 1. The van der Waals surface area contributed by atoms with Gasteiger partial charge in [-0.3, -0.25) is 0 Å². The van der Waals surface area contributed by atoms with Crippen molar-refractivity contribution in [1.29, 1.82) is 0 Å². The van der Waals surface area contributed by atoms with Gasteiger partial charge in [0.25, 0.3) is 0 Å². The Hall–Kier alpha value is -4.29. The summed E-state index contributed by atoms with van der Waals surface area (Å²) in [5.41, 5.74) is 3.90. The lowest BCUT2D eigenvalue weighted by Crippen LogP contribution is -2.21. The highest BCUT2D eigenvalue weighted by atomic mass is 32.1. The second-order valence-corrected chi connectivity index (χ2v) is 8.42. The summed E-state index contributed by atoms with van der Waals surface area (Å²) in [5, 5.41) is 19.6. The van der Waals surface area contributed by atoms with Crippen LogP contribution in [0.2, 0.25) is 0 Å². The minimum atomic E-state index is -5.08. The maximum Gasteiger partial charge on any atom is 0.490 e. The average molecular weight is 555 g/mol. The summed E-state index contributed by atoms with van der Waals surface area (Å²) in [7, 11) is 0. The fraction of sp³-hybridized carbons (Fsp3) is 0.174. The molecular weight excluding hydrogens is 540 g/mol. The summed E-state index contributed by atoms with van der Waals surface area (Å²) < 4.78 is 72.5. The highest BCUT2D eigenvalue weighted by molar-refractivity contribution is 7.09. The number of benzene rings is 1. The molecule has 0 fully saturated rings. The molecule has 1 unspecified atom stereocenters. The normalized spacial score (nSPS) is 13.1. The van der Waals surface area contributed by atoms with Crippen LogP contribution in [0.15, 0.2) is 48.1 Å². The summed E-state index contributed by atoms with van der Waals surface area (Å²) in [6, 6.07) is 7.57. The predicted octanol–water partition coefficient (Wildman–Crippen LogP) is 4.64. The van der Waals surface area contributed by atoms with Crippen LogP contribution < -0.4 is 5.73 Å². The number of carbonyl (C=O) groups is 1. The number of alkyl halides is 6. The fourth-order valence-electron chi connectivity index (χ4n) is 2.87. The van der Waals surface area contributed by atoms with Crippen LogP contribution in [0.3, 0.4) is 0 Å². The molecule has 38 heavy (non-hydrogen) atoms. The van der Waals surface area contributed by atoms with Gasteiger partial charge in [-0.05, 0) is 25.1 Å². The minimum absolute atomic E-state index is 0.0805. The van der Waals surface area contributed by atoms with Gasteiger partial charge in [0.2, 0.25) is 0 Å². The molecule has 0 aliphatic rings. The van der Waals surface area contributed by atoms with Gasteiger partial charge in [-0.15, -0.1) is 11.3 Å². The number of aliphatic carboxylic acids is 1. The number of carboxylic acids is 1. The van der Waals surface area contributed by atoms with Gasteiger partial charge in [0.05, 0.1) is 0 Å². The Balaban J connectivity index is 0.000000505. The number of nitrogen functional groups attached to an aromatic ring is 1. The van der Waals surface area contributed by atoms with Crippen LogP contribution in [0.5, 0.6) is 0 Å². The molecular formula is C23H15F6N5O3S. The first-order chi connectivity index (χ1) is 17.6. The number of aliphatic hydroxyl groups is 1. The zero-order valence-electron chi connectivity index (χ0n) is 19.0. The second kappa shape index (κ2) is 10.6. The van der Waals surface area contributed by atoms with Crippen LogP contribution >= 0.6 is 11.3 Å². The third kappa shape index (κ3) is 6.72. The number of thiazole rings is 1. The third-order valence-corrected chi connectivity index (χ3v) is 5.56. The number of nitrogens with two attached hydrogens (primary N) is 1. The number of fused-ring (bicyclic) bond motifs is 1. The summed E-state index contributed by atoms with van der Waals surface area (Å²) >= 11 is 1.26. The van der Waals surface area contributed by atoms with E-state index >= 15 is 0 Å². The summed E-state index contributed by atoms with van der Waals surface area (Å²) in [6.45, 7) is 1.51. The van der Waals surface area contributed by atoms with Gasteiger partial charge in [0, 0.05) is 34.3 Å². The summed E-state index contributed by atoms with van der Waals surface area (Å²) in [4.78, 5) is 24.7. The van der Waals surface area contributed by atoms with E-state index in [1.54, 1.807) is 35.8 Å². The van der Waals surface area contributed by atoms with Crippen LogP contribution in [0.4, 0.5) is 32.2 Å². The number of halogens is 6. The van der Waals surface area contributed by atoms with Gasteiger partial charge in [-0.1, -0.05) is 24.0 Å². The Labute approximate surface area is 213 Å². The van der Waals surface area contributed by atoms with Gasteiger partial charge in [0.1, 0.15) is 16.3 Å². The van der Waals surface area contributed by atoms with Gasteiger partial charge in [0.15, 0.2) is 17.1 Å². The maximum absolute atomic E-state index is 13.6. The molecule has 0 radical (unpaired) electrons. The Bertz CT molecular complexity index is 1530. The van der Waals surface area contributed by atoms with Crippen molar-refractivity contribution in [2.75, 3.05) is 5.73 Å². The first-order valence-electron chi connectivity index (χ1n) is 10.1. The standard InChI is InChI=1S/C21H14F3N5OS.C2HF3O2/c1-20(30,19-27-9-10-31-19)7-5-12-3-2-4-13(11-12)18-28-15-14(6-8-26-17(15)25)16(29-18)21(22,23)24;3-2(4,5)1(6)7/h2-4,6,8-11,30H,1H3,(H2,25,26);(H,6,7). The second-order valence-electron chi connectivity index (χ2n) is 7.53. The van der Waals surface area contributed by atoms with E-state index in [9.17, 15) is 31.4 Å². The Morgan fingerprint density at radius 1 is 1.05 bits per heavy atom. The lowest BCUT2D eigenvalue weighted by atomic mass is 10.1. The number of hydrogen-bond donors (Lipinski definition) is 3. The van der Waals surface area contributed by atoms with E-state index in [4.69, 9.17) is 15.6 Å². The van der Waals surface area contributed by atoms with Crippen molar-refractivity contribution in [2.45, 2.75) is 24.9 Å². The van der Waals surface area contributed by atoms with Gasteiger partial charge >= 0.3 is 18.3 Å². The largest absolute Gasteiger partial charge is 0.490 e. The maximum atomic E-state index is 13.6. The van der Waals surface area contributed by atoms with Crippen molar-refractivity contribution in [3.63, 3.8) is 0 Å². The molecule has 3 heterocycles. The van der Waals surface area contributed by atoms with Crippen molar-refractivity contribution in [3.8, 4) is 23.2 Å².